The Morgan fingerprint density at radius 3 is 2.39 bits per heavy atom. The van der Waals surface area contributed by atoms with Gasteiger partial charge in [0.1, 0.15) is 13.3 Å². The Morgan fingerprint density at radius 1 is 1.12 bits per heavy atom. The normalized spacial score (nSPS) is 20.9. The van der Waals surface area contributed by atoms with Crippen LogP contribution in [0.3, 0.4) is 0 Å². The quantitative estimate of drug-likeness (QED) is 0.245. The second-order valence-corrected chi connectivity index (χ2v) is 12.9. The maximum Gasteiger partial charge on any atom is 0.236 e. The second-order valence-electron chi connectivity index (χ2n) is 12.9. The van der Waals surface area contributed by atoms with Crippen LogP contribution in [0.5, 0.6) is 5.88 Å². The number of ether oxygens (including phenoxy) is 1. The second kappa shape index (κ2) is 12.5. The van der Waals surface area contributed by atoms with E-state index in [-0.39, 0.29) is 12.0 Å². The highest BCUT2D eigenvalue weighted by atomic mass is 19.1. The van der Waals surface area contributed by atoms with Gasteiger partial charge in [-0.15, -0.1) is 5.10 Å². The SMILES string of the molecule is Cc1cc(C)cc(-c2[nH]nc(OCC(C)(C)C(=O)C3C4CCN3CC4)c2[C@H](C)CNCCc2ccc(CF)cc2)c1. The number of nitrogens with zero attached hydrogens (tertiary/aromatic N) is 2. The lowest BCUT2D eigenvalue weighted by Gasteiger charge is -2.29. The number of halogens is 1. The van der Waals surface area contributed by atoms with Gasteiger partial charge in [0.15, 0.2) is 5.78 Å². The van der Waals surface area contributed by atoms with E-state index in [0.29, 0.717) is 29.8 Å². The molecule has 2 N–H and O–H groups in total. The Kier molecular flexibility index (Phi) is 8.95. The Morgan fingerprint density at radius 2 is 1.78 bits per heavy atom. The van der Waals surface area contributed by atoms with Gasteiger partial charge in [-0.2, -0.15) is 0 Å². The first-order valence-electron chi connectivity index (χ1n) is 15.1. The molecule has 2 saturated heterocycles. The lowest BCUT2D eigenvalue weighted by atomic mass is 9.81. The largest absolute Gasteiger partial charge is 0.475 e. The van der Waals surface area contributed by atoms with Crippen molar-refractivity contribution in [2.75, 3.05) is 32.8 Å². The molecule has 220 valence electrons. The van der Waals surface area contributed by atoms with Crippen molar-refractivity contribution in [3.63, 3.8) is 0 Å². The molecule has 1 aromatic heterocycles. The number of piperidine rings is 1. The Hall–Kier alpha value is -3.03. The Bertz CT molecular complexity index is 1310. The molecule has 6 nitrogen and oxygen atoms in total. The molecule has 2 aliphatic heterocycles. The monoisotopic (exact) mass is 560 g/mol. The van der Waals surface area contributed by atoms with Crippen molar-refractivity contribution in [1.82, 2.24) is 20.4 Å². The van der Waals surface area contributed by atoms with E-state index in [9.17, 15) is 9.18 Å². The van der Waals surface area contributed by atoms with Crippen LogP contribution < -0.4 is 10.1 Å². The van der Waals surface area contributed by atoms with Gasteiger partial charge in [0, 0.05) is 23.6 Å². The van der Waals surface area contributed by atoms with Crippen LogP contribution in [0.1, 0.15) is 67.3 Å². The number of ketones is 1. The number of hydrogen-bond acceptors (Lipinski definition) is 5. The highest BCUT2D eigenvalue weighted by Crippen LogP contribution is 2.40. The summed E-state index contributed by atoms with van der Waals surface area (Å²) in [5.41, 5.74) is 6.76. The predicted molar refractivity (Wildman–Crippen MR) is 162 cm³/mol. The summed E-state index contributed by atoms with van der Waals surface area (Å²) in [6.07, 6.45) is 3.13. The lowest BCUT2D eigenvalue weighted by molar-refractivity contribution is -0.133. The van der Waals surface area contributed by atoms with Crippen LogP contribution in [0.25, 0.3) is 11.3 Å². The first-order valence-corrected chi connectivity index (χ1v) is 15.1. The fourth-order valence-electron chi connectivity index (χ4n) is 6.60. The van der Waals surface area contributed by atoms with Crippen LogP contribution in [-0.2, 0) is 17.9 Å². The van der Waals surface area contributed by atoms with Crippen LogP contribution in [0.2, 0.25) is 0 Å². The fraction of sp³-hybridized carbons (Fsp3) is 0.529. The van der Waals surface area contributed by atoms with E-state index in [1.54, 1.807) is 0 Å². The van der Waals surface area contributed by atoms with Gasteiger partial charge in [-0.1, -0.05) is 48.4 Å². The number of H-pyrrole nitrogens is 1. The minimum atomic E-state index is -0.606. The van der Waals surface area contributed by atoms with Crippen molar-refractivity contribution < 1.29 is 13.9 Å². The molecular formula is C34H45FN4O2. The molecule has 0 saturated carbocycles. The van der Waals surface area contributed by atoms with Crippen LogP contribution in [0, 0.1) is 25.2 Å². The molecule has 2 aromatic carbocycles. The molecule has 0 aliphatic carbocycles. The van der Waals surface area contributed by atoms with Gasteiger partial charge in [-0.3, -0.25) is 14.8 Å². The van der Waals surface area contributed by atoms with Crippen LogP contribution in [0.4, 0.5) is 4.39 Å². The average Bonchev–Trinajstić information content (AvgIpc) is 3.68. The minimum absolute atomic E-state index is 0.0365. The van der Waals surface area contributed by atoms with Crippen molar-refractivity contribution in [1.29, 1.82) is 0 Å². The molecule has 0 amide bonds. The van der Waals surface area contributed by atoms with Crippen molar-refractivity contribution in [2.45, 2.75) is 72.5 Å². The predicted octanol–water partition coefficient (Wildman–Crippen LogP) is 6.17. The van der Waals surface area contributed by atoms with Crippen molar-refractivity contribution in [2.24, 2.45) is 11.3 Å². The molecule has 5 rings (SSSR count). The number of benzene rings is 2. The third kappa shape index (κ3) is 6.57. The summed E-state index contributed by atoms with van der Waals surface area (Å²) in [5.74, 6) is 1.47. The number of carbonyl (C=O) groups excluding carboxylic acids is 1. The molecule has 1 unspecified atom stereocenters. The Balaban J connectivity index is 1.30. The molecule has 3 aromatic rings. The van der Waals surface area contributed by atoms with Crippen LogP contribution >= 0.6 is 0 Å². The number of rotatable bonds is 13. The van der Waals surface area contributed by atoms with E-state index in [1.165, 1.54) is 16.7 Å². The maximum absolute atomic E-state index is 13.6. The van der Waals surface area contributed by atoms with E-state index >= 15 is 0 Å². The molecule has 2 atom stereocenters. The van der Waals surface area contributed by atoms with Crippen LogP contribution in [-0.4, -0.2) is 59.7 Å². The fourth-order valence-corrected chi connectivity index (χ4v) is 6.60. The summed E-state index contributed by atoms with van der Waals surface area (Å²) >= 11 is 0. The van der Waals surface area contributed by atoms with E-state index in [0.717, 1.165) is 62.3 Å². The van der Waals surface area contributed by atoms with Crippen molar-refractivity contribution in [3.8, 4) is 17.1 Å². The average molecular weight is 561 g/mol. The molecule has 7 heteroatoms. The number of aryl methyl sites for hydroxylation is 2. The standard InChI is InChI=1S/C34H45FN4O2/c1-22-16-23(2)18-28(17-22)30-29(24(3)20-36-13-10-25-6-8-26(19-35)9-7-25)33(38-37-30)41-21-34(4,5)32(40)31-27-11-14-39(31)15-12-27/h6-9,16-18,24,27,31,36H,10-15,19-21H2,1-5H3,(H,37,38)/t24-,31?/m1/s1. The molecular weight excluding hydrogens is 515 g/mol. The summed E-state index contributed by atoms with van der Waals surface area (Å²) in [5, 5.41) is 11.5. The topological polar surface area (TPSA) is 70.2 Å². The summed E-state index contributed by atoms with van der Waals surface area (Å²) in [6, 6.07) is 14.2. The zero-order valence-corrected chi connectivity index (χ0v) is 25.2. The summed E-state index contributed by atoms with van der Waals surface area (Å²) in [4.78, 5) is 16.0. The zero-order chi connectivity index (χ0) is 29.1. The van der Waals surface area contributed by atoms with Crippen molar-refractivity contribution >= 4 is 5.78 Å². The number of carbonyl (C=O) groups is 1. The van der Waals surface area contributed by atoms with Gasteiger partial charge in [0.2, 0.25) is 5.88 Å². The van der Waals surface area contributed by atoms with Crippen molar-refractivity contribution in [3.05, 3.63) is 70.3 Å². The molecule has 41 heavy (non-hydrogen) atoms. The van der Waals surface area contributed by atoms with Gasteiger partial charge >= 0.3 is 0 Å². The number of aromatic nitrogens is 2. The zero-order valence-electron chi connectivity index (χ0n) is 25.2. The molecule has 2 aliphatic rings. The minimum Gasteiger partial charge on any atom is -0.475 e. The van der Waals surface area contributed by atoms with E-state index in [1.807, 2.05) is 38.1 Å². The molecule has 3 heterocycles. The molecule has 2 fully saturated rings. The van der Waals surface area contributed by atoms with Gasteiger partial charge in [-0.05, 0) is 95.8 Å². The molecule has 2 bridgehead atoms. The van der Waals surface area contributed by atoms with E-state index < -0.39 is 12.1 Å². The van der Waals surface area contributed by atoms with Gasteiger partial charge in [0.25, 0.3) is 0 Å². The van der Waals surface area contributed by atoms with Gasteiger partial charge < -0.3 is 10.1 Å². The first-order chi connectivity index (χ1) is 19.7. The maximum atomic E-state index is 13.6. The highest BCUT2D eigenvalue weighted by Gasteiger charge is 2.48. The van der Waals surface area contributed by atoms with E-state index in [2.05, 4.69) is 59.4 Å². The van der Waals surface area contributed by atoms with Gasteiger partial charge in [0.05, 0.1) is 17.2 Å². The number of hydrogen-bond donors (Lipinski definition) is 2. The third-order valence-corrected chi connectivity index (χ3v) is 8.91. The van der Waals surface area contributed by atoms with E-state index in [4.69, 9.17) is 4.74 Å². The number of Topliss-reactive ketones (excluding diaryl/α,β-unsaturated/α-hetero) is 1. The van der Waals surface area contributed by atoms with Gasteiger partial charge in [-0.25, -0.2) is 4.39 Å². The highest BCUT2D eigenvalue weighted by molar-refractivity contribution is 5.90. The summed E-state index contributed by atoms with van der Waals surface area (Å²) in [7, 11) is 0. The van der Waals surface area contributed by atoms with Crippen LogP contribution in [0.15, 0.2) is 42.5 Å². The summed E-state index contributed by atoms with van der Waals surface area (Å²) < 4.78 is 19.2. The number of nitrogens with one attached hydrogen (secondary N) is 2. The third-order valence-electron chi connectivity index (χ3n) is 8.91. The summed E-state index contributed by atoms with van der Waals surface area (Å²) in [6.45, 7) is 13.9. The Labute approximate surface area is 244 Å². The molecule has 0 spiro atoms. The first kappa shape index (κ1) is 29.5. The number of aromatic amines is 1. The number of fused-ring (bicyclic) bond motifs is 2. The smallest absolute Gasteiger partial charge is 0.236 e. The number of alkyl halides is 1. The molecule has 0 radical (unpaired) electrons. The lowest BCUT2D eigenvalue weighted by Crippen LogP contribution is -2.44.